The second-order valence-electron chi connectivity index (χ2n) is 2.87. The summed E-state index contributed by atoms with van der Waals surface area (Å²) in [7, 11) is 0. The van der Waals surface area contributed by atoms with Gasteiger partial charge in [-0.2, -0.15) is 4.73 Å². The molecule has 6 nitrogen and oxygen atoms in total. The summed E-state index contributed by atoms with van der Waals surface area (Å²) in [6, 6.07) is 1.54. The van der Waals surface area contributed by atoms with Crippen LogP contribution in [0.2, 0.25) is 0 Å². The summed E-state index contributed by atoms with van der Waals surface area (Å²) in [4.78, 5) is 21.2. The second kappa shape index (κ2) is 3.93. The first-order chi connectivity index (χ1) is 6.50. The SMILES string of the molecule is N[C@H](Cc1ccc(=O)n(O)c1)C(=O)O. The van der Waals surface area contributed by atoms with Gasteiger partial charge in [0.2, 0.25) is 0 Å². The van der Waals surface area contributed by atoms with Crippen molar-refractivity contribution in [2.24, 2.45) is 5.73 Å². The molecule has 14 heavy (non-hydrogen) atoms. The third-order valence-corrected chi connectivity index (χ3v) is 1.73. The number of nitrogens with zero attached hydrogens (tertiary/aromatic N) is 1. The van der Waals surface area contributed by atoms with Crippen LogP contribution in [-0.4, -0.2) is 27.1 Å². The van der Waals surface area contributed by atoms with Crippen molar-refractivity contribution in [1.29, 1.82) is 0 Å². The van der Waals surface area contributed by atoms with Gasteiger partial charge in [-0.05, 0) is 12.0 Å². The number of aliphatic carboxylic acids is 1. The van der Waals surface area contributed by atoms with Crippen molar-refractivity contribution in [3.05, 3.63) is 34.2 Å². The highest BCUT2D eigenvalue weighted by atomic mass is 16.5. The topological polar surface area (TPSA) is 106 Å². The van der Waals surface area contributed by atoms with Crippen LogP contribution in [0.1, 0.15) is 5.56 Å². The molecule has 1 atom stereocenters. The van der Waals surface area contributed by atoms with Crippen LogP contribution in [0.4, 0.5) is 0 Å². The number of carboxylic acid groups (broad SMARTS) is 1. The summed E-state index contributed by atoms with van der Waals surface area (Å²) in [5, 5.41) is 17.5. The zero-order chi connectivity index (χ0) is 10.7. The molecule has 0 radical (unpaired) electrons. The molecule has 1 aromatic heterocycles. The molecule has 6 heteroatoms. The Kier molecular flexibility index (Phi) is 2.88. The molecular formula is C8H10N2O4. The van der Waals surface area contributed by atoms with E-state index < -0.39 is 17.6 Å². The maximum absolute atomic E-state index is 10.8. The fourth-order valence-electron chi connectivity index (χ4n) is 0.980. The fraction of sp³-hybridized carbons (Fsp3) is 0.250. The van der Waals surface area contributed by atoms with Crippen LogP contribution < -0.4 is 11.3 Å². The number of aromatic nitrogens is 1. The Balaban J connectivity index is 2.83. The normalized spacial score (nSPS) is 12.4. The molecular weight excluding hydrogens is 188 g/mol. The average molecular weight is 198 g/mol. The molecule has 0 aromatic carbocycles. The van der Waals surface area contributed by atoms with Crippen LogP contribution in [0.3, 0.4) is 0 Å². The molecule has 0 aliphatic heterocycles. The van der Waals surface area contributed by atoms with Gasteiger partial charge < -0.3 is 16.0 Å². The van der Waals surface area contributed by atoms with Gasteiger partial charge in [0.25, 0.3) is 5.56 Å². The van der Waals surface area contributed by atoms with Crippen LogP contribution >= 0.6 is 0 Å². The highest BCUT2D eigenvalue weighted by molar-refractivity contribution is 5.73. The molecule has 1 heterocycles. The monoisotopic (exact) mass is 198 g/mol. The van der Waals surface area contributed by atoms with Gasteiger partial charge in [0.05, 0.1) is 6.20 Å². The number of nitrogens with two attached hydrogens (primary N) is 1. The van der Waals surface area contributed by atoms with Crippen LogP contribution in [0.25, 0.3) is 0 Å². The quantitative estimate of drug-likeness (QED) is 0.542. The first kappa shape index (κ1) is 10.3. The third-order valence-electron chi connectivity index (χ3n) is 1.73. The van der Waals surface area contributed by atoms with Crippen molar-refractivity contribution in [2.45, 2.75) is 12.5 Å². The van der Waals surface area contributed by atoms with Gasteiger partial charge in [-0.3, -0.25) is 9.59 Å². The maximum atomic E-state index is 10.8. The number of rotatable bonds is 3. The van der Waals surface area contributed by atoms with E-state index in [0.29, 0.717) is 10.3 Å². The Hall–Kier alpha value is -1.82. The number of carboxylic acids is 1. The summed E-state index contributed by atoms with van der Waals surface area (Å²) in [6.07, 6.45) is 1.21. The minimum atomic E-state index is -1.12. The van der Waals surface area contributed by atoms with Crippen LogP contribution in [0, 0.1) is 0 Å². The molecule has 0 bridgehead atoms. The molecule has 1 rings (SSSR count). The molecule has 0 spiro atoms. The van der Waals surface area contributed by atoms with Gasteiger partial charge in [-0.15, -0.1) is 0 Å². The van der Waals surface area contributed by atoms with Crippen molar-refractivity contribution < 1.29 is 15.1 Å². The van der Waals surface area contributed by atoms with E-state index >= 15 is 0 Å². The van der Waals surface area contributed by atoms with Gasteiger partial charge >= 0.3 is 5.97 Å². The molecule has 0 aliphatic rings. The van der Waals surface area contributed by atoms with Crippen molar-refractivity contribution in [3.8, 4) is 0 Å². The largest absolute Gasteiger partial charge is 0.480 e. The lowest BCUT2D eigenvalue weighted by Gasteiger charge is -2.06. The van der Waals surface area contributed by atoms with E-state index in [0.717, 1.165) is 12.3 Å². The smallest absolute Gasteiger partial charge is 0.320 e. The molecule has 0 saturated heterocycles. The zero-order valence-electron chi connectivity index (χ0n) is 7.25. The van der Waals surface area contributed by atoms with Crippen LogP contribution in [0.5, 0.6) is 0 Å². The van der Waals surface area contributed by atoms with Gasteiger partial charge in [-0.1, -0.05) is 6.07 Å². The Labute approximate surface area is 79.2 Å². The van der Waals surface area contributed by atoms with E-state index in [1.54, 1.807) is 0 Å². The van der Waals surface area contributed by atoms with Gasteiger partial charge in [0.15, 0.2) is 0 Å². The van der Waals surface area contributed by atoms with E-state index in [1.165, 1.54) is 6.07 Å². The van der Waals surface area contributed by atoms with Crippen molar-refractivity contribution in [3.63, 3.8) is 0 Å². The lowest BCUT2D eigenvalue weighted by Crippen LogP contribution is -2.32. The van der Waals surface area contributed by atoms with Gasteiger partial charge in [0.1, 0.15) is 6.04 Å². The Morgan fingerprint density at radius 1 is 1.57 bits per heavy atom. The van der Waals surface area contributed by atoms with Crippen LogP contribution in [-0.2, 0) is 11.2 Å². The summed E-state index contributed by atoms with van der Waals surface area (Å²) < 4.78 is 0.393. The van der Waals surface area contributed by atoms with E-state index in [1.807, 2.05) is 0 Å². The standard InChI is InChI=1S/C8H10N2O4/c9-6(8(12)13)3-5-1-2-7(11)10(14)4-5/h1-2,4,6,14H,3,9H2,(H,12,13)/t6-/m1/s1. The second-order valence-corrected chi connectivity index (χ2v) is 2.87. The van der Waals surface area contributed by atoms with E-state index in [2.05, 4.69) is 0 Å². The van der Waals surface area contributed by atoms with Crippen molar-refractivity contribution in [2.75, 3.05) is 0 Å². The molecule has 0 aliphatic carbocycles. The first-order valence-electron chi connectivity index (χ1n) is 3.90. The van der Waals surface area contributed by atoms with Crippen molar-refractivity contribution in [1.82, 2.24) is 4.73 Å². The average Bonchev–Trinajstić information content (AvgIpc) is 2.11. The first-order valence-corrected chi connectivity index (χ1v) is 3.90. The summed E-state index contributed by atoms with van der Waals surface area (Å²) in [5.41, 5.74) is 5.18. The zero-order valence-corrected chi connectivity index (χ0v) is 7.25. The lowest BCUT2D eigenvalue weighted by atomic mass is 10.1. The molecule has 1 aromatic rings. The third kappa shape index (κ3) is 2.33. The number of pyridine rings is 1. The summed E-state index contributed by atoms with van der Waals surface area (Å²) in [6.45, 7) is 0. The minimum absolute atomic E-state index is 0.0656. The fourth-order valence-corrected chi connectivity index (χ4v) is 0.980. The number of hydrogen-bond acceptors (Lipinski definition) is 4. The Bertz CT molecular complexity index is 399. The highest BCUT2D eigenvalue weighted by Crippen LogP contribution is 1.99. The highest BCUT2D eigenvalue weighted by Gasteiger charge is 2.12. The van der Waals surface area contributed by atoms with E-state index in [4.69, 9.17) is 16.0 Å². The molecule has 76 valence electrons. The predicted molar refractivity (Wildman–Crippen MR) is 47.2 cm³/mol. The Morgan fingerprint density at radius 2 is 2.21 bits per heavy atom. The van der Waals surface area contributed by atoms with Gasteiger partial charge in [0, 0.05) is 6.07 Å². The molecule has 0 amide bonds. The lowest BCUT2D eigenvalue weighted by molar-refractivity contribution is -0.138. The Morgan fingerprint density at radius 3 is 2.71 bits per heavy atom. The molecule has 0 unspecified atom stereocenters. The maximum Gasteiger partial charge on any atom is 0.320 e. The molecule has 4 N–H and O–H groups in total. The summed E-state index contributed by atoms with van der Waals surface area (Å²) in [5.74, 6) is -1.12. The number of hydrogen-bond donors (Lipinski definition) is 3. The van der Waals surface area contributed by atoms with E-state index in [9.17, 15) is 9.59 Å². The van der Waals surface area contributed by atoms with Crippen LogP contribution in [0.15, 0.2) is 23.1 Å². The van der Waals surface area contributed by atoms with Crippen molar-refractivity contribution >= 4 is 5.97 Å². The van der Waals surface area contributed by atoms with Gasteiger partial charge in [-0.25, -0.2) is 0 Å². The predicted octanol–water partition coefficient (Wildman–Crippen LogP) is -0.960. The number of carbonyl (C=O) groups is 1. The summed E-state index contributed by atoms with van der Waals surface area (Å²) >= 11 is 0. The molecule has 0 fully saturated rings. The van der Waals surface area contributed by atoms with E-state index in [-0.39, 0.29) is 6.42 Å². The molecule has 0 saturated carbocycles. The minimum Gasteiger partial charge on any atom is -0.480 e.